The van der Waals surface area contributed by atoms with Crippen LogP contribution >= 0.6 is 0 Å². The number of amides is 2. The van der Waals surface area contributed by atoms with E-state index >= 15 is 0 Å². The first-order chi connectivity index (χ1) is 9.75. The summed E-state index contributed by atoms with van der Waals surface area (Å²) in [6.07, 6.45) is 4.87. The molecule has 2 fully saturated rings. The first-order valence-corrected chi connectivity index (χ1v) is 7.50. The lowest BCUT2D eigenvalue weighted by molar-refractivity contribution is -0.122. The molecule has 0 aromatic heterocycles. The number of nitrogens with zero attached hydrogens (tertiary/aromatic N) is 1. The fourth-order valence-corrected chi connectivity index (χ4v) is 3.85. The van der Waals surface area contributed by atoms with E-state index in [0.717, 1.165) is 50.0 Å². The van der Waals surface area contributed by atoms with Crippen LogP contribution in [0, 0.1) is 11.8 Å². The Morgan fingerprint density at radius 1 is 1.05 bits per heavy atom. The number of carbonyl (C=O) groups is 2. The number of carbonyl (C=O) groups excluding carboxylic acids is 2. The zero-order chi connectivity index (χ0) is 13.7. The van der Waals surface area contributed by atoms with E-state index in [0.29, 0.717) is 0 Å². The maximum atomic E-state index is 12.5. The summed E-state index contributed by atoms with van der Waals surface area (Å²) >= 11 is 0. The first kappa shape index (κ1) is 11.9. The third-order valence-electron chi connectivity index (χ3n) is 4.88. The Bertz CT molecular complexity index is 574. The van der Waals surface area contributed by atoms with Crippen LogP contribution in [0.4, 0.5) is 11.4 Å². The number of aryl methyl sites for hydroxylation is 1. The molecular formula is C16H18N2O2. The van der Waals surface area contributed by atoms with Crippen LogP contribution in [0.3, 0.4) is 0 Å². The highest BCUT2D eigenvalue weighted by Crippen LogP contribution is 2.42. The molecular weight excluding hydrogens is 252 g/mol. The largest absolute Gasteiger partial charge is 0.385 e. The summed E-state index contributed by atoms with van der Waals surface area (Å²) in [6, 6.07) is 5.91. The molecule has 4 heteroatoms. The number of fused-ring (bicyclic) bond motifs is 2. The highest BCUT2D eigenvalue weighted by atomic mass is 16.2. The molecule has 0 spiro atoms. The van der Waals surface area contributed by atoms with E-state index in [9.17, 15) is 9.59 Å². The normalized spacial score (nSPS) is 28.3. The van der Waals surface area contributed by atoms with Gasteiger partial charge >= 0.3 is 0 Å². The molecule has 1 saturated carbocycles. The van der Waals surface area contributed by atoms with Crippen molar-refractivity contribution in [3.8, 4) is 0 Å². The minimum atomic E-state index is -0.0587. The molecule has 2 atom stereocenters. The van der Waals surface area contributed by atoms with Gasteiger partial charge in [0.2, 0.25) is 11.8 Å². The van der Waals surface area contributed by atoms with Gasteiger partial charge in [0.25, 0.3) is 0 Å². The molecule has 1 aromatic rings. The third kappa shape index (κ3) is 1.60. The summed E-state index contributed by atoms with van der Waals surface area (Å²) in [7, 11) is 0. The van der Waals surface area contributed by atoms with Crippen LogP contribution in [0.5, 0.6) is 0 Å². The average Bonchev–Trinajstić information content (AvgIpc) is 3.04. The van der Waals surface area contributed by atoms with Crippen molar-refractivity contribution in [3.05, 3.63) is 23.8 Å². The minimum absolute atomic E-state index is 0.0150. The molecule has 2 amide bonds. The Morgan fingerprint density at radius 3 is 2.55 bits per heavy atom. The van der Waals surface area contributed by atoms with Crippen LogP contribution in [0.15, 0.2) is 18.2 Å². The number of hydrogen-bond acceptors (Lipinski definition) is 3. The lowest BCUT2D eigenvalue weighted by Gasteiger charge is -2.22. The van der Waals surface area contributed by atoms with Gasteiger partial charge in [-0.15, -0.1) is 0 Å². The van der Waals surface area contributed by atoms with Gasteiger partial charge in [0.1, 0.15) is 0 Å². The van der Waals surface area contributed by atoms with Crippen molar-refractivity contribution in [3.63, 3.8) is 0 Å². The maximum absolute atomic E-state index is 12.5. The van der Waals surface area contributed by atoms with Crippen molar-refractivity contribution in [2.24, 2.45) is 11.8 Å². The Kier molecular flexibility index (Phi) is 2.59. The second kappa shape index (κ2) is 4.33. The van der Waals surface area contributed by atoms with Crippen molar-refractivity contribution < 1.29 is 9.59 Å². The second-order valence-electron chi connectivity index (χ2n) is 6.03. The fourth-order valence-electron chi connectivity index (χ4n) is 3.85. The van der Waals surface area contributed by atoms with E-state index in [-0.39, 0.29) is 23.7 Å². The van der Waals surface area contributed by atoms with Crippen LogP contribution in [0.1, 0.15) is 31.2 Å². The van der Waals surface area contributed by atoms with Crippen LogP contribution in [-0.4, -0.2) is 18.4 Å². The van der Waals surface area contributed by atoms with E-state index in [1.807, 2.05) is 18.2 Å². The van der Waals surface area contributed by atoms with Gasteiger partial charge < -0.3 is 5.32 Å². The number of nitrogens with one attached hydrogen (secondary N) is 1. The van der Waals surface area contributed by atoms with Gasteiger partial charge in [-0.2, -0.15) is 0 Å². The molecule has 1 saturated heterocycles. The van der Waals surface area contributed by atoms with Gasteiger partial charge in [-0.3, -0.25) is 14.5 Å². The SMILES string of the molecule is O=C1C2CCCC2C(=O)N1c1ccc2c(c1)CCCN2. The summed E-state index contributed by atoms with van der Waals surface area (Å²) < 4.78 is 0. The zero-order valence-corrected chi connectivity index (χ0v) is 11.4. The smallest absolute Gasteiger partial charge is 0.237 e. The lowest BCUT2D eigenvalue weighted by atomic mass is 10.00. The minimum Gasteiger partial charge on any atom is -0.385 e. The predicted molar refractivity (Wildman–Crippen MR) is 76.6 cm³/mol. The van der Waals surface area contributed by atoms with E-state index < -0.39 is 0 Å². The van der Waals surface area contributed by atoms with Crippen molar-refractivity contribution >= 4 is 23.2 Å². The first-order valence-electron chi connectivity index (χ1n) is 7.50. The molecule has 20 heavy (non-hydrogen) atoms. The number of hydrogen-bond donors (Lipinski definition) is 1. The van der Waals surface area contributed by atoms with Crippen LogP contribution in [-0.2, 0) is 16.0 Å². The summed E-state index contributed by atoms with van der Waals surface area (Å²) in [5.41, 5.74) is 3.11. The number of rotatable bonds is 1. The summed E-state index contributed by atoms with van der Waals surface area (Å²) in [5.74, 6) is -0.0873. The van der Waals surface area contributed by atoms with E-state index in [1.165, 1.54) is 10.5 Å². The molecule has 2 heterocycles. The average molecular weight is 270 g/mol. The maximum Gasteiger partial charge on any atom is 0.237 e. The van der Waals surface area contributed by atoms with Crippen molar-refractivity contribution in [2.45, 2.75) is 32.1 Å². The molecule has 4 rings (SSSR count). The van der Waals surface area contributed by atoms with E-state index in [2.05, 4.69) is 5.32 Å². The van der Waals surface area contributed by atoms with Crippen LogP contribution < -0.4 is 10.2 Å². The topological polar surface area (TPSA) is 49.4 Å². The van der Waals surface area contributed by atoms with E-state index in [1.54, 1.807) is 0 Å². The molecule has 0 radical (unpaired) electrons. The molecule has 2 aliphatic heterocycles. The number of imide groups is 1. The van der Waals surface area contributed by atoms with Gasteiger partial charge in [-0.25, -0.2) is 0 Å². The Morgan fingerprint density at radius 2 is 1.80 bits per heavy atom. The zero-order valence-electron chi connectivity index (χ0n) is 11.4. The molecule has 2 unspecified atom stereocenters. The highest BCUT2D eigenvalue weighted by molar-refractivity contribution is 6.22. The van der Waals surface area contributed by atoms with Crippen molar-refractivity contribution in [1.82, 2.24) is 0 Å². The molecule has 1 aliphatic carbocycles. The molecule has 4 nitrogen and oxygen atoms in total. The molecule has 3 aliphatic rings. The Hall–Kier alpha value is -1.84. The van der Waals surface area contributed by atoms with Gasteiger partial charge in [0, 0.05) is 12.2 Å². The predicted octanol–water partition coefficient (Wildman–Crippen LogP) is 2.33. The monoisotopic (exact) mass is 270 g/mol. The van der Waals surface area contributed by atoms with E-state index in [4.69, 9.17) is 0 Å². The standard InChI is InChI=1S/C16H18N2O2/c19-15-12-4-1-5-13(12)16(20)18(15)11-6-7-14-10(9-11)3-2-8-17-14/h6-7,9,12-13,17H,1-5,8H2. The highest BCUT2D eigenvalue weighted by Gasteiger charge is 2.50. The van der Waals surface area contributed by atoms with Gasteiger partial charge in [0.15, 0.2) is 0 Å². The van der Waals surface area contributed by atoms with Gasteiger partial charge in [-0.1, -0.05) is 6.42 Å². The van der Waals surface area contributed by atoms with Crippen molar-refractivity contribution in [2.75, 3.05) is 16.8 Å². The molecule has 1 N–H and O–H groups in total. The lowest BCUT2D eigenvalue weighted by Crippen LogP contribution is -2.31. The Labute approximate surface area is 118 Å². The summed E-state index contributed by atoms with van der Waals surface area (Å²) in [5, 5.41) is 3.35. The number of benzene rings is 1. The molecule has 0 bridgehead atoms. The number of anilines is 2. The quantitative estimate of drug-likeness (QED) is 0.797. The summed E-state index contributed by atoms with van der Waals surface area (Å²) in [6.45, 7) is 0.998. The van der Waals surface area contributed by atoms with Gasteiger partial charge in [-0.05, 0) is 49.4 Å². The Balaban J connectivity index is 1.71. The molecule has 1 aromatic carbocycles. The second-order valence-corrected chi connectivity index (χ2v) is 6.03. The third-order valence-corrected chi connectivity index (χ3v) is 4.88. The summed E-state index contributed by atoms with van der Waals surface area (Å²) in [4.78, 5) is 26.3. The fraction of sp³-hybridized carbons (Fsp3) is 0.500. The van der Waals surface area contributed by atoms with Gasteiger partial charge in [0.05, 0.1) is 17.5 Å². The molecule has 104 valence electrons. The van der Waals surface area contributed by atoms with Crippen LogP contribution in [0.25, 0.3) is 0 Å². The van der Waals surface area contributed by atoms with Crippen LogP contribution in [0.2, 0.25) is 0 Å². The van der Waals surface area contributed by atoms with Crippen molar-refractivity contribution in [1.29, 1.82) is 0 Å².